The van der Waals surface area contributed by atoms with Crippen LogP contribution in [0.15, 0.2) is 18.2 Å². The number of halogens is 2. The van der Waals surface area contributed by atoms with Gasteiger partial charge >= 0.3 is 0 Å². The lowest BCUT2D eigenvalue weighted by Crippen LogP contribution is -2.51. The molecule has 0 radical (unpaired) electrons. The summed E-state index contributed by atoms with van der Waals surface area (Å²) in [6.45, 7) is 0. The zero-order chi connectivity index (χ0) is 13.9. The summed E-state index contributed by atoms with van der Waals surface area (Å²) >= 11 is 9.27. The van der Waals surface area contributed by atoms with Gasteiger partial charge in [-0.2, -0.15) is 0 Å². The molecule has 0 spiro atoms. The van der Waals surface area contributed by atoms with Crippen molar-refractivity contribution in [1.82, 2.24) is 5.32 Å². The van der Waals surface area contributed by atoms with E-state index in [1.807, 2.05) is 0 Å². The van der Waals surface area contributed by atoms with Gasteiger partial charge in [-0.3, -0.25) is 4.79 Å². The van der Waals surface area contributed by atoms with E-state index in [2.05, 4.69) is 21.2 Å². The molecule has 0 bridgehead atoms. The molecule has 19 heavy (non-hydrogen) atoms. The number of carbonyl (C=O) groups excluding carboxylic acids is 1. The second-order valence-electron chi connectivity index (χ2n) is 5.09. The average molecular weight is 347 g/mol. The van der Waals surface area contributed by atoms with E-state index >= 15 is 0 Å². The van der Waals surface area contributed by atoms with E-state index in [0.29, 0.717) is 5.02 Å². The first-order valence-electron chi connectivity index (χ1n) is 6.43. The highest BCUT2D eigenvalue weighted by atomic mass is 79.9. The van der Waals surface area contributed by atoms with Crippen molar-refractivity contribution in [3.8, 4) is 5.75 Å². The number of carbonyl (C=O) groups is 1. The molecule has 0 saturated heterocycles. The van der Waals surface area contributed by atoms with Crippen molar-refractivity contribution >= 4 is 33.4 Å². The molecule has 1 aliphatic rings. The number of benzene rings is 1. The lowest BCUT2D eigenvalue weighted by atomic mass is 9.83. The first-order chi connectivity index (χ1) is 9.06. The standard InChI is InChI=1S/C14H17BrClNO2/c15-9-14(6-2-1-3-7-14)17-13(19)11-5-4-10(16)8-12(11)18/h4-5,8,18H,1-3,6-7,9H2,(H,17,19). The zero-order valence-electron chi connectivity index (χ0n) is 10.6. The summed E-state index contributed by atoms with van der Waals surface area (Å²) in [4.78, 5) is 12.3. The number of hydrogen-bond acceptors (Lipinski definition) is 2. The molecule has 1 aromatic rings. The lowest BCUT2D eigenvalue weighted by molar-refractivity contribution is 0.0884. The second-order valence-corrected chi connectivity index (χ2v) is 6.09. The molecule has 5 heteroatoms. The fourth-order valence-corrected chi connectivity index (χ4v) is 3.39. The van der Waals surface area contributed by atoms with Crippen LogP contribution in [0.2, 0.25) is 5.02 Å². The maximum atomic E-state index is 12.3. The summed E-state index contributed by atoms with van der Waals surface area (Å²) in [6, 6.07) is 4.55. The third kappa shape index (κ3) is 3.42. The third-order valence-electron chi connectivity index (χ3n) is 3.65. The molecule has 1 aliphatic carbocycles. The number of phenolic OH excluding ortho intramolecular Hbond substituents is 1. The molecule has 0 atom stereocenters. The molecule has 1 aromatic carbocycles. The highest BCUT2D eigenvalue weighted by Crippen LogP contribution is 2.31. The fourth-order valence-electron chi connectivity index (χ4n) is 2.53. The van der Waals surface area contributed by atoms with Crippen molar-refractivity contribution in [3.63, 3.8) is 0 Å². The largest absolute Gasteiger partial charge is 0.507 e. The van der Waals surface area contributed by atoms with Gasteiger partial charge in [0.05, 0.1) is 11.1 Å². The normalized spacial score (nSPS) is 18.0. The van der Waals surface area contributed by atoms with Crippen molar-refractivity contribution in [3.05, 3.63) is 28.8 Å². The van der Waals surface area contributed by atoms with Crippen molar-refractivity contribution in [2.75, 3.05) is 5.33 Å². The topological polar surface area (TPSA) is 49.3 Å². The number of hydrogen-bond donors (Lipinski definition) is 2. The predicted molar refractivity (Wildman–Crippen MR) is 80.2 cm³/mol. The van der Waals surface area contributed by atoms with E-state index in [0.717, 1.165) is 31.0 Å². The molecular formula is C14H17BrClNO2. The molecule has 2 rings (SSSR count). The average Bonchev–Trinajstić information content (AvgIpc) is 2.39. The van der Waals surface area contributed by atoms with Gasteiger partial charge in [-0.1, -0.05) is 46.8 Å². The Hall–Kier alpha value is -0.740. The lowest BCUT2D eigenvalue weighted by Gasteiger charge is -2.36. The fraction of sp³-hybridized carbons (Fsp3) is 0.500. The van der Waals surface area contributed by atoms with Gasteiger partial charge in [0.15, 0.2) is 0 Å². The van der Waals surface area contributed by atoms with Crippen LogP contribution in [0, 0.1) is 0 Å². The highest BCUT2D eigenvalue weighted by molar-refractivity contribution is 9.09. The maximum absolute atomic E-state index is 12.3. The first kappa shape index (κ1) is 14.7. The van der Waals surface area contributed by atoms with Crippen molar-refractivity contribution in [2.24, 2.45) is 0 Å². The van der Waals surface area contributed by atoms with Crippen molar-refractivity contribution < 1.29 is 9.90 Å². The SMILES string of the molecule is O=C(NC1(CBr)CCCCC1)c1ccc(Cl)cc1O. The van der Waals surface area contributed by atoms with Crippen LogP contribution in [0.4, 0.5) is 0 Å². The van der Waals surface area contributed by atoms with Crippen LogP contribution in [0.25, 0.3) is 0 Å². The summed E-state index contributed by atoms with van der Waals surface area (Å²) < 4.78 is 0. The quantitative estimate of drug-likeness (QED) is 0.816. The van der Waals surface area contributed by atoms with Gasteiger partial charge in [0.2, 0.25) is 0 Å². The minimum absolute atomic E-state index is 0.0782. The van der Waals surface area contributed by atoms with Gasteiger partial charge in [0.1, 0.15) is 5.75 Å². The summed E-state index contributed by atoms with van der Waals surface area (Å²) in [6.07, 6.45) is 5.41. The molecule has 1 saturated carbocycles. The maximum Gasteiger partial charge on any atom is 0.255 e. The summed E-state index contributed by atoms with van der Waals surface area (Å²) in [5, 5.41) is 14.0. The van der Waals surface area contributed by atoms with E-state index in [4.69, 9.17) is 11.6 Å². The number of aromatic hydroxyl groups is 1. The Balaban J connectivity index is 2.15. The molecule has 104 valence electrons. The van der Waals surface area contributed by atoms with Crippen molar-refractivity contribution in [1.29, 1.82) is 0 Å². The second kappa shape index (κ2) is 6.14. The Morgan fingerprint density at radius 2 is 2.05 bits per heavy atom. The van der Waals surface area contributed by atoms with E-state index in [9.17, 15) is 9.90 Å². The zero-order valence-corrected chi connectivity index (χ0v) is 12.9. The Labute approximate surface area is 126 Å². The van der Waals surface area contributed by atoms with Crippen LogP contribution in [0.1, 0.15) is 42.5 Å². The Kier molecular flexibility index (Phi) is 4.74. The van der Waals surface area contributed by atoms with Crippen LogP contribution >= 0.6 is 27.5 Å². The van der Waals surface area contributed by atoms with E-state index in [-0.39, 0.29) is 22.8 Å². The first-order valence-corrected chi connectivity index (χ1v) is 7.93. The van der Waals surface area contributed by atoms with E-state index < -0.39 is 0 Å². The van der Waals surface area contributed by atoms with Gasteiger partial charge < -0.3 is 10.4 Å². The van der Waals surface area contributed by atoms with Gasteiger partial charge in [0, 0.05) is 10.4 Å². The molecule has 0 unspecified atom stereocenters. The third-order valence-corrected chi connectivity index (χ3v) is 4.96. The molecular weight excluding hydrogens is 330 g/mol. The van der Waals surface area contributed by atoms with Gasteiger partial charge in [-0.15, -0.1) is 0 Å². The van der Waals surface area contributed by atoms with Crippen LogP contribution < -0.4 is 5.32 Å². The minimum Gasteiger partial charge on any atom is -0.507 e. The van der Waals surface area contributed by atoms with Crippen molar-refractivity contribution in [2.45, 2.75) is 37.6 Å². The Bertz CT molecular complexity index is 473. The highest BCUT2D eigenvalue weighted by Gasteiger charge is 2.33. The molecule has 1 amide bonds. The smallest absolute Gasteiger partial charge is 0.255 e. The van der Waals surface area contributed by atoms with Crippen LogP contribution in [0.5, 0.6) is 5.75 Å². The molecule has 0 heterocycles. The minimum atomic E-state index is -0.240. The Morgan fingerprint density at radius 1 is 1.37 bits per heavy atom. The summed E-state index contributed by atoms with van der Waals surface area (Å²) in [5.74, 6) is -0.318. The number of alkyl halides is 1. The molecule has 0 aromatic heterocycles. The van der Waals surface area contributed by atoms with Gasteiger partial charge in [0.25, 0.3) is 5.91 Å². The molecule has 1 fully saturated rings. The number of phenols is 1. The Morgan fingerprint density at radius 3 is 2.63 bits per heavy atom. The number of rotatable bonds is 3. The summed E-state index contributed by atoms with van der Waals surface area (Å²) in [7, 11) is 0. The monoisotopic (exact) mass is 345 g/mol. The van der Waals surface area contributed by atoms with Crippen LogP contribution in [-0.2, 0) is 0 Å². The van der Waals surface area contributed by atoms with E-state index in [1.165, 1.54) is 12.5 Å². The predicted octanol–water partition coefficient (Wildman–Crippen LogP) is 3.87. The molecule has 2 N–H and O–H groups in total. The van der Waals surface area contributed by atoms with Gasteiger partial charge in [-0.05, 0) is 31.0 Å². The van der Waals surface area contributed by atoms with E-state index in [1.54, 1.807) is 12.1 Å². The molecule has 0 aliphatic heterocycles. The molecule has 3 nitrogen and oxygen atoms in total. The number of amides is 1. The van der Waals surface area contributed by atoms with Crippen LogP contribution in [-0.4, -0.2) is 21.9 Å². The van der Waals surface area contributed by atoms with Gasteiger partial charge in [-0.25, -0.2) is 0 Å². The van der Waals surface area contributed by atoms with Crippen LogP contribution in [0.3, 0.4) is 0 Å². The summed E-state index contributed by atoms with van der Waals surface area (Å²) in [5.41, 5.74) is 0.0804. The number of nitrogens with one attached hydrogen (secondary N) is 1.